The van der Waals surface area contributed by atoms with Gasteiger partial charge in [0.05, 0.1) is 7.11 Å². The fraction of sp³-hybridized carbons (Fsp3) is 0.167. The van der Waals surface area contributed by atoms with Crippen LogP contribution in [0, 0.1) is 6.92 Å². The van der Waals surface area contributed by atoms with Gasteiger partial charge in [-0.15, -0.1) is 0 Å². The van der Waals surface area contributed by atoms with E-state index in [0.29, 0.717) is 6.42 Å². The summed E-state index contributed by atoms with van der Waals surface area (Å²) in [5, 5.41) is 1.02. The predicted octanol–water partition coefficient (Wildman–Crippen LogP) is 3.91. The van der Waals surface area contributed by atoms with Crippen LogP contribution < -0.4 is 4.74 Å². The Kier molecular flexibility index (Phi) is 3.48. The number of aromatic nitrogens is 1. The lowest BCUT2D eigenvalue weighted by Gasteiger charge is -2.04. The highest BCUT2D eigenvalue weighted by Gasteiger charge is 2.14. The van der Waals surface area contributed by atoms with Gasteiger partial charge in [0.25, 0.3) is 0 Å². The van der Waals surface area contributed by atoms with Crippen molar-refractivity contribution in [2.45, 2.75) is 13.3 Å². The number of benzene rings is 2. The van der Waals surface area contributed by atoms with Crippen LogP contribution in [0.4, 0.5) is 0 Å². The van der Waals surface area contributed by atoms with Crippen LogP contribution in [0.15, 0.2) is 48.7 Å². The molecule has 0 spiro atoms. The van der Waals surface area contributed by atoms with Crippen LogP contribution in [0.25, 0.3) is 10.9 Å². The highest BCUT2D eigenvalue weighted by atomic mass is 16.5. The van der Waals surface area contributed by atoms with E-state index in [4.69, 9.17) is 4.74 Å². The Bertz CT molecular complexity index is 802. The van der Waals surface area contributed by atoms with Gasteiger partial charge in [0, 0.05) is 29.1 Å². The molecule has 21 heavy (non-hydrogen) atoms. The lowest BCUT2D eigenvalue weighted by Crippen LogP contribution is -2.03. The third kappa shape index (κ3) is 2.55. The monoisotopic (exact) mass is 279 g/mol. The molecule has 1 aromatic heterocycles. The van der Waals surface area contributed by atoms with E-state index >= 15 is 0 Å². The Morgan fingerprint density at radius 3 is 2.81 bits per heavy atom. The topological polar surface area (TPSA) is 42.1 Å². The summed E-state index contributed by atoms with van der Waals surface area (Å²) in [6.45, 7) is 2.03. The van der Waals surface area contributed by atoms with E-state index in [1.807, 2.05) is 49.4 Å². The predicted molar refractivity (Wildman–Crippen MR) is 84.1 cm³/mol. The maximum atomic E-state index is 12.6. The Balaban J connectivity index is 1.94. The van der Waals surface area contributed by atoms with Crippen LogP contribution in [0.5, 0.6) is 5.75 Å². The molecular weight excluding hydrogens is 262 g/mol. The molecule has 0 saturated carbocycles. The van der Waals surface area contributed by atoms with Crippen molar-refractivity contribution in [1.82, 2.24) is 4.98 Å². The van der Waals surface area contributed by atoms with Gasteiger partial charge in [0.1, 0.15) is 5.75 Å². The summed E-state index contributed by atoms with van der Waals surface area (Å²) in [4.78, 5) is 15.8. The van der Waals surface area contributed by atoms with E-state index in [9.17, 15) is 4.79 Å². The van der Waals surface area contributed by atoms with Crippen molar-refractivity contribution in [3.05, 3.63) is 65.4 Å². The van der Waals surface area contributed by atoms with Crippen molar-refractivity contribution in [3.8, 4) is 5.75 Å². The standard InChI is InChI=1S/C18H17NO2/c1-12-5-3-8-16-18(12)15(11-19-16)17(20)10-13-6-4-7-14(9-13)21-2/h3-9,11,19H,10H2,1-2H3. The highest BCUT2D eigenvalue weighted by Crippen LogP contribution is 2.24. The van der Waals surface area contributed by atoms with Crippen molar-refractivity contribution in [2.75, 3.05) is 7.11 Å². The Labute approximate surface area is 123 Å². The lowest BCUT2D eigenvalue weighted by molar-refractivity contribution is 0.0994. The van der Waals surface area contributed by atoms with Gasteiger partial charge in [-0.3, -0.25) is 4.79 Å². The molecule has 0 fully saturated rings. The second-order valence-electron chi connectivity index (χ2n) is 5.15. The molecule has 0 amide bonds. The molecule has 0 aliphatic rings. The average Bonchev–Trinajstić information content (AvgIpc) is 2.93. The van der Waals surface area contributed by atoms with E-state index < -0.39 is 0 Å². The molecule has 0 unspecified atom stereocenters. The number of hydrogen-bond donors (Lipinski definition) is 1. The van der Waals surface area contributed by atoms with E-state index in [-0.39, 0.29) is 5.78 Å². The normalized spacial score (nSPS) is 10.8. The number of Topliss-reactive ketones (excluding diaryl/α,β-unsaturated/α-hetero) is 1. The summed E-state index contributed by atoms with van der Waals surface area (Å²) in [6, 6.07) is 13.6. The zero-order valence-electron chi connectivity index (χ0n) is 12.1. The summed E-state index contributed by atoms with van der Waals surface area (Å²) in [5.74, 6) is 0.888. The van der Waals surface area contributed by atoms with Crippen molar-refractivity contribution in [3.63, 3.8) is 0 Å². The molecular formula is C18H17NO2. The first-order chi connectivity index (χ1) is 10.2. The van der Waals surface area contributed by atoms with Crippen LogP contribution in [-0.2, 0) is 6.42 Å². The smallest absolute Gasteiger partial charge is 0.169 e. The van der Waals surface area contributed by atoms with Gasteiger partial charge in [-0.05, 0) is 36.2 Å². The van der Waals surface area contributed by atoms with E-state index in [0.717, 1.165) is 33.3 Å². The molecule has 0 atom stereocenters. The molecule has 1 heterocycles. The average molecular weight is 279 g/mol. The number of aryl methyl sites for hydroxylation is 1. The van der Waals surface area contributed by atoms with Gasteiger partial charge in [-0.2, -0.15) is 0 Å². The van der Waals surface area contributed by atoms with Gasteiger partial charge >= 0.3 is 0 Å². The SMILES string of the molecule is COc1cccc(CC(=O)c2c[nH]c3cccc(C)c23)c1. The first-order valence-electron chi connectivity index (χ1n) is 6.92. The first-order valence-corrected chi connectivity index (χ1v) is 6.92. The molecule has 3 rings (SSSR count). The zero-order valence-corrected chi connectivity index (χ0v) is 12.1. The molecule has 0 aliphatic heterocycles. The van der Waals surface area contributed by atoms with Gasteiger partial charge in [-0.1, -0.05) is 24.3 Å². The third-order valence-corrected chi connectivity index (χ3v) is 3.71. The molecule has 2 aromatic carbocycles. The van der Waals surface area contributed by atoms with Crippen LogP contribution in [0.1, 0.15) is 21.5 Å². The van der Waals surface area contributed by atoms with Crippen molar-refractivity contribution < 1.29 is 9.53 Å². The Hall–Kier alpha value is -2.55. The minimum atomic E-state index is 0.115. The minimum Gasteiger partial charge on any atom is -0.497 e. The number of aromatic amines is 1. The molecule has 0 radical (unpaired) electrons. The number of nitrogens with one attached hydrogen (secondary N) is 1. The summed E-state index contributed by atoms with van der Waals surface area (Å²) < 4.78 is 5.20. The maximum Gasteiger partial charge on any atom is 0.169 e. The summed E-state index contributed by atoms with van der Waals surface area (Å²) in [7, 11) is 1.63. The van der Waals surface area contributed by atoms with Crippen molar-refractivity contribution in [2.24, 2.45) is 0 Å². The fourth-order valence-electron chi connectivity index (χ4n) is 2.65. The van der Waals surface area contributed by atoms with Crippen molar-refractivity contribution >= 4 is 16.7 Å². The largest absolute Gasteiger partial charge is 0.497 e. The Morgan fingerprint density at radius 1 is 1.19 bits per heavy atom. The quantitative estimate of drug-likeness (QED) is 0.736. The highest BCUT2D eigenvalue weighted by molar-refractivity contribution is 6.09. The van der Waals surface area contributed by atoms with Crippen LogP contribution in [0.2, 0.25) is 0 Å². The Morgan fingerprint density at radius 2 is 2.00 bits per heavy atom. The number of H-pyrrole nitrogens is 1. The number of ketones is 1. The van der Waals surface area contributed by atoms with Crippen molar-refractivity contribution in [1.29, 1.82) is 0 Å². The van der Waals surface area contributed by atoms with Crippen LogP contribution in [-0.4, -0.2) is 17.9 Å². The zero-order chi connectivity index (χ0) is 14.8. The van der Waals surface area contributed by atoms with Gasteiger partial charge < -0.3 is 9.72 Å². The third-order valence-electron chi connectivity index (χ3n) is 3.71. The number of carbonyl (C=O) groups is 1. The van der Waals surface area contributed by atoms with Gasteiger partial charge in [0.2, 0.25) is 0 Å². The molecule has 3 heteroatoms. The number of hydrogen-bond acceptors (Lipinski definition) is 2. The van der Waals surface area contributed by atoms with Gasteiger partial charge in [0.15, 0.2) is 5.78 Å². The van der Waals surface area contributed by atoms with Crippen LogP contribution >= 0.6 is 0 Å². The fourth-order valence-corrected chi connectivity index (χ4v) is 2.65. The van der Waals surface area contributed by atoms with Gasteiger partial charge in [-0.25, -0.2) is 0 Å². The first kappa shape index (κ1) is 13.4. The molecule has 3 nitrogen and oxygen atoms in total. The number of ether oxygens (including phenoxy) is 1. The molecule has 106 valence electrons. The summed E-state index contributed by atoms with van der Waals surface area (Å²) >= 11 is 0. The minimum absolute atomic E-state index is 0.115. The van der Waals surface area contributed by atoms with E-state index in [1.54, 1.807) is 13.3 Å². The second-order valence-corrected chi connectivity index (χ2v) is 5.15. The number of rotatable bonds is 4. The maximum absolute atomic E-state index is 12.6. The van der Waals surface area contributed by atoms with E-state index in [2.05, 4.69) is 4.98 Å². The molecule has 1 N–H and O–H groups in total. The molecule has 3 aromatic rings. The molecule has 0 aliphatic carbocycles. The summed E-state index contributed by atoms with van der Waals surface area (Å²) in [6.07, 6.45) is 2.18. The molecule has 0 saturated heterocycles. The second kappa shape index (κ2) is 5.44. The number of carbonyl (C=O) groups excluding carboxylic acids is 1. The number of methoxy groups -OCH3 is 1. The van der Waals surface area contributed by atoms with E-state index in [1.165, 1.54) is 0 Å². The van der Waals surface area contributed by atoms with Crippen LogP contribution in [0.3, 0.4) is 0 Å². The number of fused-ring (bicyclic) bond motifs is 1. The lowest BCUT2D eigenvalue weighted by atomic mass is 10.00. The summed E-state index contributed by atoms with van der Waals surface area (Å²) in [5.41, 5.74) is 3.83. The molecule has 0 bridgehead atoms.